The molecule has 1 atom stereocenters. The van der Waals surface area contributed by atoms with Crippen LogP contribution in [0.2, 0.25) is 0 Å². The van der Waals surface area contributed by atoms with Crippen LogP contribution in [0.25, 0.3) is 11.3 Å². The van der Waals surface area contributed by atoms with Crippen molar-refractivity contribution in [1.29, 1.82) is 0 Å². The summed E-state index contributed by atoms with van der Waals surface area (Å²) in [6.07, 6.45) is 0. The molecule has 0 saturated carbocycles. The molecule has 0 bridgehead atoms. The van der Waals surface area contributed by atoms with Gasteiger partial charge in [0.05, 0.1) is 12.8 Å². The molecule has 3 aromatic carbocycles. The minimum Gasteiger partial charge on any atom is -0.464 e. The SMILES string of the molecule is COC(=O)c1cc(-c2ccc(C)cc2)n(C(C(=O)c2ccccc2)c2ccccc2)n1. The molecule has 154 valence electrons. The monoisotopic (exact) mass is 410 g/mol. The smallest absolute Gasteiger partial charge is 0.358 e. The van der Waals surface area contributed by atoms with Gasteiger partial charge in [0.25, 0.3) is 0 Å². The zero-order valence-electron chi connectivity index (χ0n) is 17.4. The predicted molar refractivity (Wildman–Crippen MR) is 119 cm³/mol. The van der Waals surface area contributed by atoms with Crippen molar-refractivity contribution < 1.29 is 14.3 Å². The van der Waals surface area contributed by atoms with Gasteiger partial charge in [0.1, 0.15) is 6.04 Å². The van der Waals surface area contributed by atoms with Crippen LogP contribution in [0.5, 0.6) is 0 Å². The van der Waals surface area contributed by atoms with Crippen molar-refractivity contribution >= 4 is 11.8 Å². The first-order valence-electron chi connectivity index (χ1n) is 9.97. The molecule has 5 nitrogen and oxygen atoms in total. The molecule has 0 aliphatic heterocycles. The van der Waals surface area contributed by atoms with Gasteiger partial charge in [0.15, 0.2) is 11.5 Å². The van der Waals surface area contributed by atoms with Gasteiger partial charge < -0.3 is 4.74 Å². The maximum atomic E-state index is 13.7. The van der Waals surface area contributed by atoms with Crippen molar-refractivity contribution in [3.63, 3.8) is 0 Å². The number of ketones is 1. The van der Waals surface area contributed by atoms with E-state index in [1.165, 1.54) is 7.11 Å². The molecule has 0 N–H and O–H groups in total. The molecular weight excluding hydrogens is 388 g/mol. The molecule has 1 unspecified atom stereocenters. The molecule has 0 amide bonds. The summed E-state index contributed by atoms with van der Waals surface area (Å²) >= 11 is 0. The number of esters is 1. The zero-order chi connectivity index (χ0) is 21.8. The van der Waals surface area contributed by atoms with Gasteiger partial charge in [-0.15, -0.1) is 0 Å². The van der Waals surface area contributed by atoms with Gasteiger partial charge in [-0.05, 0) is 24.1 Å². The first-order chi connectivity index (χ1) is 15.1. The minimum atomic E-state index is -0.738. The van der Waals surface area contributed by atoms with Gasteiger partial charge >= 0.3 is 5.97 Å². The number of hydrogen-bond acceptors (Lipinski definition) is 4. The number of carbonyl (C=O) groups is 2. The number of methoxy groups -OCH3 is 1. The summed E-state index contributed by atoms with van der Waals surface area (Å²) in [5.74, 6) is -0.661. The van der Waals surface area contributed by atoms with Crippen molar-refractivity contribution in [2.24, 2.45) is 0 Å². The first kappa shape index (κ1) is 20.3. The summed E-state index contributed by atoms with van der Waals surface area (Å²) in [5.41, 5.74) is 4.14. The highest BCUT2D eigenvalue weighted by atomic mass is 16.5. The van der Waals surface area contributed by atoms with Crippen molar-refractivity contribution in [2.75, 3.05) is 7.11 Å². The van der Waals surface area contributed by atoms with Crippen LogP contribution in [0, 0.1) is 6.92 Å². The summed E-state index contributed by atoms with van der Waals surface area (Å²) < 4.78 is 6.52. The summed E-state index contributed by atoms with van der Waals surface area (Å²) in [7, 11) is 1.32. The lowest BCUT2D eigenvalue weighted by Crippen LogP contribution is -2.23. The third-order valence-electron chi connectivity index (χ3n) is 5.14. The van der Waals surface area contributed by atoms with Crippen LogP contribution in [0.4, 0.5) is 0 Å². The number of carbonyl (C=O) groups excluding carboxylic acids is 2. The molecule has 0 saturated heterocycles. The van der Waals surface area contributed by atoms with E-state index in [0.717, 1.165) is 16.7 Å². The molecule has 0 aliphatic rings. The normalized spacial score (nSPS) is 11.7. The second-order valence-electron chi connectivity index (χ2n) is 7.26. The summed E-state index contributed by atoms with van der Waals surface area (Å²) in [5, 5.41) is 4.52. The number of benzene rings is 3. The average Bonchev–Trinajstić information content (AvgIpc) is 3.25. The lowest BCUT2D eigenvalue weighted by molar-refractivity contribution is 0.0591. The van der Waals surface area contributed by atoms with Crippen LogP contribution in [0.3, 0.4) is 0 Å². The van der Waals surface area contributed by atoms with Crippen molar-refractivity contribution in [3.8, 4) is 11.3 Å². The Morgan fingerprint density at radius 3 is 2.10 bits per heavy atom. The van der Waals surface area contributed by atoms with Crippen LogP contribution < -0.4 is 0 Å². The molecule has 1 heterocycles. The van der Waals surface area contributed by atoms with Gasteiger partial charge in [-0.3, -0.25) is 4.79 Å². The van der Waals surface area contributed by atoms with Gasteiger partial charge in [0.2, 0.25) is 0 Å². The van der Waals surface area contributed by atoms with E-state index < -0.39 is 12.0 Å². The van der Waals surface area contributed by atoms with Crippen molar-refractivity contribution in [2.45, 2.75) is 13.0 Å². The Bertz CT molecular complexity index is 1200. The second kappa shape index (κ2) is 8.79. The molecule has 0 fully saturated rings. The fraction of sp³-hybridized carbons (Fsp3) is 0.115. The zero-order valence-corrected chi connectivity index (χ0v) is 17.4. The lowest BCUT2D eigenvalue weighted by Gasteiger charge is -2.20. The van der Waals surface area contributed by atoms with Gasteiger partial charge in [0, 0.05) is 5.56 Å². The highest BCUT2D eigenvalue weighted by molar-refractivity contribution is 6.01. The van der Waals surface area contributed by atoms with E-state index in [1.54, 1.807) is 22.9 Å². The van der Waals surface area contributed by atoms with Crippen LogP contribution in [-0.2, 0) is 4.74 Å². The summed E-state index contributed by atoms with van der Waals surface area (Å²) in [4.78, 5) is 25.9. The number of rotatable bonds is 6. The molecule has 4 aromatic rings. The Morgan fingerprint density at radius 2 is 1.48 bits per heavy atom. The molecule has 0 radical (unpaired) electrons. The third-order valence-corrected chi connectivity index (χ3v) is 5.14. The molecule has 1 aromatic heterocycles. The number of ether oxygens (including phenoxy) is 1. The Labute approximate surface area is 180 Å². The van der Waals surface area contributed by atoms with Gasteiger partial charge in [-0.25, -0.2) is 9.48 Å². The number of hydrogen-bond donors (Lipinski definition) is 0. The predicted octanol–water partition coefficient (Wildman–Crippen LogP) is 5.12. The van der Waals surface area contributed by atoms with E-state index in [-0.39, 0.29) is 11.5 Å². The van der Waals surface area contributed by atoms with Gasteiger partial charge in [-0.1, -0.05) is 90.5 Å². The molecule has 4 rings (SSSR count). The largest absolute Gasteiger partial charge is 0.464 e. The van der Waals surface area contributed by atoms with E-state index >= 15 is 0 Å². The molecule has 5 heteroatoms. The number of aromatic nitrogens is 2. The van der Waals surface area contributed by atoms with Crippen LogP contribution in [0.15, 0.2) is 91.0 Å². The van der Waals surface area contributed by atoms with Crippen molar-refractivity contribution in [3.05, 3.63) is 113 Å². The fourth-order valence-electron chi connectivity index (χ4n) is 3.53. The molecule has 31 heavy (non-hydrogen) atoms. The van der Waals surface area contributed by atoms with E-state index in [9.17, 15) is 9.59 Å². The highest BCUT2D eigenvalue weighted by Gasteiger charge is 2.29. The standard InChI is InChI=1S/C26H22N2O3/c1-18-13-15-19(16-14-18)23-17-22(26(30)31-2)27-28(23)24(20-9-5-3-6-10-20)25(29)21-11-7-4-8-12-21/h3-17,24H,1-2H3. The van der Waals surface area contributed by atoms with E-state index in [1.807, 2.05) is 79.7 Å². The Balaban J connectivity index is 1.93. The van der Waals surface area contributed by atoms with Gasteiger partial charge in [-0.2, -0.15) is 5.10 Å². The number of Topliss-reactive ketones (excluding diaryl/α,β-unsaturated/α-hetero) is 1. The quantitative estimate of drug-likeness (QED) is 0.327. The Morgan fingerprint density at radius 1 is 0.871 bits per heavy atom. The van der Waals surface area contributed by atoms with E-state index in [2.05, 4.69) is 5.10 Å². The molecular formula is C26H22N2O3. The lowest BCUT2D eigenvalue weighted by atomic mass is 9.97. The van der Waals surface area contributed by atoms with Crippen LogP contribution >= 0.6 is 0 Å². The number of nitrogens with zero attached hydrogens (tertiary/aromatic N) is 2. The van der Waals surface area contributed by atoms with Crippen LogP contribution in [-0.4, -0.2) is 28.6 Å². The van der Waals surface area contributed by atoms with Crippen molar-refractivity contribution in [1.82, 2.24) is 9.78 Å². The van der Waals surface area contributed by atoms with E-state index in [4.69, 9.17) is 4.74 Å². The minimum absolute atomic E-state index is 0.111. The molecule has 0 spiro atoms. The Kier molecular flexibility index (Phi) is 5.76. The second-order valence-corrected chi connectivity index (χ2v) is 7.26. The number of aryl methyl sites for hydroxylation is 1. The summed E-state index contributed by atoms with van der Waals surface area (Å²) in [6, 6.07) is 27.4. The van der Waals surface area contributed by atoms with E-state index in [0.29, 0.717) is 11.3 Å². The fourth-order valence-corrected chi connectivity index (χ4v) is 3.53. The topological polar surface area (TPSA) is 61.2 Å². The first-order valence-corrected chi connectivity index (χ1v) is 9.97. The maximum Gasteiger partial charge on any atom is 0.358 e. The third kappa shape index (κ3) is 4.16. The average molecular weight is 410 g/mol. The molecule has 0 aliphatic carbocycles. The highest BCUT2D eigenvalue weighted by Crippen LogP contribution is 2.30. The Hall–Kier alpha value is -3.99. The maximum absolute atomic E-state index is 13.7. The summed E-state index contributed by atoms with van der Waals surface area (Å²) in [6.45, 7) is 2.01. The van der Waals surface area contributed by atoms with Crippen LogP contribution in [0.1, 0.15) is 38.0 Å².